The first-order chi connectivity index (χ1) is 6.81. The van der Waals surface area contributed by atoms with Gasteiger partial charge in [-0.25, -0.2) is 4.79 Å². The van der Waals surface area contributed by atoms with Gasteiger partial charge in [0.05, 0.1) is 0 Å². The summed E-state index contributed by atoms with van der Waals surface area (Å²) in [4.78, 5) is 17.3. The van der Waals surface area contributed by atoms with Gasteiger partial charge in [-0.3, -0.25) is 4.98 Å². The summed E-state index contributed by atoms with van der Waals surface area (Å²) < 4.78 is 0. The van der Waals surface area contributed by atoms with E-state index >= 15 is 0 Å². The number of nitrogens with one attached hydrogen (secondary N) is 1. The summed E-state index contributed by atoms with van der Waals surface area (Å²) >= 11 is 0. The molecule has 1 aliphatic heterocycles. The van der Waals surface area contributed by atoms with Gasteiger partial charge in [0.25, 0.3) is 0 Å². The highest BCUT2D eigenvalue weighted by molar-refractivity contribution is 5.74. The summed E-state index contributed by atoms with van der Waals surface area (Å²) in [6.45, 7) is 3.96. The number of carbonyl (C=O) groups is 1. The second-order valence-electron chi connectivity index (χ2n) is 3.34. The maximum absolute atomic E-state index is 11.5. The summed E-state index contributed by atoms with van der Waals surface area (Å²) in [7, 11) is 0. The minimum atomic E-state index is 0.00343. The normalized spacial score (nSPS) is 13.9. The van der Waals surface area contributed by atoms with Crippen LogP contribution in [0.25, 0.3) is 0 Å². The maximum atomic E-state index is 11.5. The van der Waals surface area contributed by atoms with Gasteiger partial charge in [-0.15, -0.1) is 0 Å². The molecular formula is C10H13N3O. The standard InChI is InChI=1S/C10H13N3O/c1-2-12-10(14)13-6-8-3-4-11-5-9(8)7-13/h3-5H,2,6-7H2,1H3,(H,12,14). The molecule has 0 fully saturated rings. The van der Waals surface area contributed by atoms with Crippen LogP contribution < -0.4 is 5.32 Å². The molecule has 2 heterocycles. The number of rotatable bonds is 1. The molecule has 1 aromatic rings. The third-order valence-electron chi connectivity index (χ3n) is 2.34. The zero-order valence-electron chi connectivity index (χ0n) is 8.16. The van der Waals surface area contributed by atoms with Crippen LogP contribution in [0.4, 0.5) is 4.79 Å². The van der Waals surface area contributed by atoms with Crippen molar-refractivity contribution in [1.82, 2.24) is 15.2 Å². The van der Waals surface area contributed by atoms with Crippen molar-refractivity contribution in [1.29, 1.82) is 0 Å². The number of carbonyl (C=O) groups excluding carboxylic acids is 1. The molecule has 0 saturated carbocycles. The summed E-state index contributed by atoms with van der Waals surface area (Å²) in [5.74, 6) is 0. The lowest BCUT2D eigenvalue weighted by atomic mass is 10.2. The molecule has 0 atom stereocenters. The SMILES string of the molecule is CCNC(=O)N1Cc2ccncc2C1. The Morgan fingerprint density at radius 2 is 2.36 bits per heavy atom. The van der Waals surface area contributed by atoms with Crippen molar-refractivity contribution in [2.24, 2.45) is 0 Å². The van der Waals surface area contributed by atoms with Crippen molar-refractivity contribution in [3.63, 3.8) is 0 Å². The number of nitrogens with zero attached hydrogens (tertiary/aromatic N) is 2. The number of aromatic nitrogens is 1. The van der Waals surface area contributed by atoms with E-state index in [2.05, 4.69) is 10.3 Å². The molecule has 4 nitrogen and oxygen atoms in total. The Morgan fingerprint density at radius 3 is 3.07 bits per heavy atom. The summed E-state index contributed by atoms with van der Waals surface area (Å²) in [6.07, 6.45) is 3.59. The van der Waals surface area contributed by atoms with E-state index in [9.17, 15) is 4.79 Å². The number of pyridine rings is 1. The van der Waals surface area contributed by atoms with Crippen molar-refractivity contribution in [2.45, 2.75) is 20.0 Å². The highest BCUT2D eigenvalue weighted by Gasteiger charge is 2.22. The molecule has 0 spiro atoms. The number of fused-ring (bicyclic) bond motifs is 1. The molecule has 0 bridgehead atoms. The fourth-order valence-electron chi connectivity index (χ4n) is 1.63. The molecule has 2 amide bonds. The highest BCUT2D eigenvalue weighted by Crippen LogP contribution is 2.20. The lowest BCUT2D eigenvalue weighted by molar-refractivity contribution is 0.199. The smallest absolute Gasteiger partial charge is 0.317 e. The predicted octanol–water partition coefficient (Wildman–Crippen LogP) is 1.13. The number of hydrogen-bond donors (Lipinski definition) is 1. The zero-order valence-corrected chi connectivity index (χ0v) is 8.16. The molecule has 1 aromatic heterocycles. The average molecular weight is 191 g/mol. The summed E-state index contributed by atoms with van der Waals surface area (Å²) in [5, 5.41) is 2.79. The minimum Gasteiger partial charge on any atom is -0.338 e. The van der Waals surface area contributed by atoms with E-state index in [1.807, 2.05) is 19.2 Å². The van der Waals surface area contributed by atoms with Gasteiger partial charge in [-0.2, -0.15) is 0 Å². The Labute approximate surface area is 82.9 Å². The molecule has 0 saturated heterocycles. The van der Waals surface area contributed by atoms with Gasteiger partial charge in [0.1, 0.15) is 0 Å². The van der Waals surface area contributed by atoms with Crippen LogP contribution in [0.1, 0.15) is 18.1 Å². The largest absolute Gasteiger partial charge is 0.338 e. The van der Waals surface area contributed by atoms with Gasteiger partial charge in [0, 0.05) is 32.0 Å². The van der Waals surface area contributed by atoms with Gasteiger partial charge in [0.15, 0.2) is 0 Å². The molecule has 14 heavy (non-hydrogen) atoms. The van der Waals surface area contributed by atoms with Crippen LogP contribution in [0.5, 0.6) is 0 Å². The van der Waals surface area contributed by atoms with Crippen molar-refractivity contribution in [3.8, 4) is 0 Å². The first-order valence-electron chi connectivity index (χ1n) is 4.76. The first-order valence-corrected chi connectivity index (χ1v) is 4.76. The van der Waals surface area contributed by atoms with Crippen LogP contribution >= 0.6 is 0 Å². The van der Waals surface area contributed by atoms with Crippen molar-refractivity contribution < 1.29 is 4.79 Å². The van der Waals surface area contributed by atoms with Crippen molar-refractivity contribution >= 4 is 6.03 Å². The van der Waals surface area contributed by atoms with Crippen LogP contribution in [0, 0.1) is 0 Å². The molecule has 1 aliphatic rings. The molecule has 0 aromatic carbocycles. The Morgan fingerprint density at radius 1 is 1.57 bits per heavy atom. The van der Waals surface area contributed by atoms with Crippen LogP contribution in [-0.2, 0) is 13.1 Å². The zero-order chi connectivity index (χ0) is 9.97. The lowest BCUT2D eigenvalue weighted by Crippen LogP contribution is -2.36. The fourth-order valence-corrected chi connectivity index (χ4v) is 1.63. The van der Waals surface area contributed by atoms with Gasteiger partial charge in [-0.1, -0.05) is 0 Å². The van der Waals surface area contributed by atoms with E-state index in [4.69, 9.17) is 0 Å². The van der Waals surface area contributed by atoms with Gasteiger partial charge < -0.3 is 10.2 Å². The maximum Gasteiger partial charge on any atom is 0.317 e. The Balaban J connectivity index is 2.08. The second-order valence-corrected chi connectivity index (χ2v) is 3.34. The Bertz CT molecular complexity index is 326. The monoisotopic (exact) mass is 191 g/mol. The third-order valence-corrected chi connectivity index (χ3v) is 2.34. The molecule has 0 aliphatic carbocycles. The quantitative estimate of drug-likeness (QED) is 0.723. The Kier molecular flexibility index (Phi) is 2.35. The molecule has 1 N–H and O–H groups in total. The minimum absolute atomic E-state index is 0.00343. The van der Waals surface area contributed by atoms with E-state index in [1.54, 1.807) is 11.1 Å². The molecule has 2 rings (SSSR count). The van der Waals surface area contributed by atoms with Crippen LogP contribution in [0.15, 0.2) is 18.5 Å². The highest BCUT2D eigenvalue weighted by atomic mass is 16.2. The van der Waals surface area contributed by atoms with Crippen LogP contribution in [0.2, 0.25) is 0 Å². The molecule has 74 valence electrons. The second kappa shape index (κ2) is 3.65. The summed E-state index contributed by atoms with van der Waals surface area (Å²) in [6, 6.07) is 1.97. The number of urea groups is 1. The van der Waals surface area contributed by atoms with E-state index in [0.717, 1.165) is 5.56 Å². The Hall–Kier alpha value is -1.58. The first kappa shape index (κ1) is 8.99. The topological polar surface area (TPSA) is 45.2 Å². The van der Waals surface area contributed by atoms with Crippen LogP contribution in [0.3, 0.4) is 0 Å². The van der Waals surface area contributed by atoms with E-state index in [1.165, 1.54) is 5.56 Å². The molecule has 0 radical (unpaired) electrons. The predicted molar refractivity (Wildman–Crippen MR) is 52.6 cm³/mol. The molecule has 0 unspecified atom stereocenters. The van der Waals surface area contributed by atoms with E-state index in [-0.39, 0.29) is 6.03 Å². The van der Waals surface area contributed by atoms with E-state index in [0.29, 0.717) is 19.6 Å². The van der Waals surface area contributed by atoms with Gasteiger partial charge >= 0.3 is 6.03 Å². The molecular weight excluding hydrogens is 178 g/mol. The average Bonchev–Trinajstić information content (AvgIpc) is 2.61. The van der Waals surface area contributed by atoms with Gasteiger partial charge in [-0.05, 0) is 24.1 Å². The van der Waals surface area contributed by atoms with Crippen molar-refractivity contribution in [2.75, 3.05) is 6.54 Å². The molecule has 4 heteroatoms. The third kappa shape index (κ3) is 1.55. The lowest BCUT2D eigenvalue weighted by Gasteiger charge is -2.15. The number of hydrogen-bond acceptors (Lipinski definition) is 2. The fraction of sp³-hybridized carbons (Fsp3) is 0.400. The summed E-state index contributed by atoms with van der Waals surface area (Å²) in [5.41, 5.74) is 2.35. The van der Waals surface area contributed by atoms with Crippen LogP contribution in [-0.4, -0.2) is 22.5 Å². The van der Waals surface area contributed by atoms with Gasteiger partial charge in [0.2, 0.25) is 0 Å². The van der Waals surface area contributed by atoms with Crippen molar-refractivity contribution in [3.05, 3.63) is 29.6 Å². The van der Waals surface area contributed by atoms with E-state index < -0.39 is 0 Å². The number of amides is 2.